The van der Waals surface area contributed by atoms with Crippen molar-refractivity contribution < 1.29 is 4.79 Å². The molecule has 0 radical (unpaired) electrons. The van der Waals surface area contributed by atoms with Gasteiger partial charge in [-0.15, -0.1) is 11.3 Å². The van der Waals surface area contributed by atoms with Gasteiger partial charge in [0.05, 0.1) is 12.6 Å². The van der Waals surface area contributed by atoms with E-state index in [2.05, 4.69) is 11.9 Å². The molecular weight excluding hydrogens is 246 g/mol. The fourth-order valence-electron chi connectivity index (χ4n) is 1.62. The zero-order valence-electron chi connectivity index (χ0n) is 11.6. The van der Waals surface area contributed by atoms with E-state index in [0.717, 1.165) is 17.8 Å². The first-order valence-corrected chi connectivity index (χ1v) is 7.25. The Morgan fingerprint density at radius 2 is 2.22 bits per heavy atom. The third-order valence-corrected chi connectivity index (χ3v) is 4.37. The van der Waals surface area contributed by atoms with Crippen molar-refractivity contribution in [2.24, 2.45) is 11.7 Å². The lowest BCUT2D eigenvalue weighted by molar-refractivity contribution is -0.132. The maximum Gasteiger partial charge on any atom is 0.239 e. The number of nitrogens with zero attached hydrogens (tertiary/aromatic N) is 2. The Kier molecular flexibility index (Phi) is 5.75. The quantitative estimate of drug-likeness (QED) is 0.859. The summed E-state index contributed by atoms with van der Waals surface area (Å²) >= 11 is 1.66. The number of carbonyl (C=O) groups excluding carboxylic acids is 1. The first kappa shape index (κ1) is 15.1. The second kappa shape index (κ2) is 6.85. The van der Waals surface area contributed by atoms with E-state index in [1.54, 1.807) is 23.3 Å². The molecule has 2 N–H and O–H groups in total. The van der Waals surface area contributed by atoms with E-state index in [-0.39, 0.29) is 11.8 Å². The van der Waals surface area contributed by atoms with Gasteiger partial charge in [-0.05, 0) is 12.3 Å². The molecule has 102 valence electrons. The second-order valence-corrected chi connectivity index (χ2v) is 5.88. The number of thiazole rings is 1. The molecule has 1 heterocycles. The molecule has 1 rings (SSSR count). The highest BCUT2D eigenvalue weighted by Gasteiger charge is 2.23. The van der Waals surface area contributed by atoms with Crippen LogP contribution >= 0.6 is 11.3 Å². The number of likely N-dealkylation sites (N-methyl/N-ethyl adjacent to an activating group) is 1. The molecule has 1 aromatic rings. The summed E-state index contributed by atoms with van der Waals surface area (Å²) < 4.78 is 0. The van der Waals surface area contributed by atoms with Crippen LogP contribution in [-0.2, 0) is 17.8 Å². The van der Waals surface area contributed by atoms with E-state index in [1.165, 1.54) is 4.88 Å². The van der Waals surface area contributed by atoms with Crippen molar-refractivity contribution in [3.8, 4) is 0 Å². The van der Waals surface area contributed by atoms with Crippen LogP contribution in [0.3, 0.4) is 0 Å². The molecule has 0 fully saturated rings. The molecule has 4 nitrogen and oxygen atoms in total. The number of amides is 1. The molecule has 18 heavy (non-hydrogen) atoms. The summed E-state index contributed by atoms with van der Waals surface area (Å²) in [5.74, 6) is 0.208. The minimum atomic E-state index is -0.411. The molecule has 0 saturated carbocycles. The molecule has 0 bridgehead atoms. The summed E-state index contributed by atoms with van der Waals surface area (Å²) in [5, 5.41) is 0.971. The Labute approximate surface area is 113 Å². The molecule has 0 spiro atoms. The summed E-state index contributed by atoms with van der Waals surface area (Å²) in [7, 11) is 1.79. The van der Waals surface area contributed by atoms with E-state index in [1.807, 2.05) is 20.0 Å². The van der Waals surface area contributed by atoms with Crippen LogP contribution in [0.15, 0.2) is 6.20 Å². The zero-order valence-corrected chi connectivity index (χ0v) is 12.5. The average Bonchev–Trinajstić information content (AvgIpc) is 2.83. The van der Waals surface area contributed by atoms with Crippen LogP contribution in [0.5, 0.6) is 0 Å². The summed E-state index contributed by atoms with van der Waals surface area (Å²) in [5.41, 5.74) is 5.95. The summed E-state index contributed by atoms with van der Waals surface area (Å²) in [6.45, 7) is 6.71. The molecule has 0 aliphatic rings. The lowest BCUT2D eigenvalue weighted by Crippen LogP contribution is -2.45. The molecule has 2 unspecified atom stereocenters. The van der Waals surface area contributed by atoms with Gasteiger partial charge in [0.1, 0.15) is 5.01 Å². The normalized spacial score (nSPS) is 14.3. The van der Waals surface area contributed by atoms with Gasteiger partial charge in [-0.3, -0.25) is 4.79 Å². The first-order valence-electron chi connectivity index (χ1n) is 6.43. The van der Waals surface area contributed by atoms with Crippen LogP contribution in [0, 0.1) is 5.92 Å². The largest absolute Gasteiger partial charge is 0.338 e. The van der Waals surface area contributed by atoms with Crippen LogP contribution < -0.4 is 5.73 Å². The van der Waals surface area contributed by atoms with Crippen LogP contribution in [0.25, 0.3) is 0 Å². The van der Waals surface area contributed by atoms with Crippen LogP contribution in [0.1, 0.15) is 37.1 Å². The fraction of sp³-hybridized carbons (Fsp3) is 0.692. The molecule has 2 atom stereocenters. The molecule has 0 aromatic carbocycles. The van der Waals surface area contributed by atoms with Crippen LogP contribution in [-0.4, -0.2) is 28.9 Å². The fourth-order valence-corrected chi connectivity index (χ4v) is 2.53. The molecular formula is C13H23N3OS. The van der Waals surface area contributed by atoms with Crippen molar-refractivity contribution in [3.63, 3.8) is 0 Å². The minimum absolute atomic E-state index is 0.00222. The molecule has 0 saturated heterocycles. The number of rotatable bonds is 6. The Morgan fingerprint density at radius 3 is 2.72 bits per heavy atom. The van der Waals surface area contributed by atoms with Gasteiger partial charge in [-0.1, -0.05) is 27.2 Å². The van der Waals surface area contributed by atoms with Gasteiger partial charge in [0.2, 0.25) is 5.91 Å². The second-order valence-electron chi connectivity index (χ2n) is 4.68. The number of hydrogen-bond acceptors (Lipinski definition) is 4. The predicted octanol–water partition coefficient (Wildman–Crippen LogP) is 2.04. The maximum absolute atomic E-state index is 12.1. The van der Waals surface area contributed by atoms with Crippen LogP contribution in [0.2, 0.25) is 0 Å². The maximum atomic E-state index is 12.1. The van der Waals surface area contributed by atoms with Gasteiger partial charge in [-0.2, -0.15) is 0 Å². The van der Waals surface area contributed by atoms with Crippen molar-refractivity contribution in [1.29, 1.82) is 0 Å². The van der Waals surface area contributed by atoms with E-state index in [9.17, 15) is 4.79 Å². The van der Waals surface area contributed by atoms with Gasteiger partial charge in [0.15, 0.2) is 0 Å². The Hall–Kier alpha value is -0.940. The summed E-state index contributed by atoms with van der Waals surface area (Å²) in [4.78, 5) is 19.3. The molecule has 0 aliphatic heterocycles. The third kappa shape index (κ3) is 3.78. The lowest BCUT2D eigenvalue weighted by Gasteiger charge is -2.23. The number of aryl methyl sites for hydroxylation is 1. The van der Waals surface area contributed by atoms with Crippen molar-refractivity contribution in [2.45, 2.75) is 46.2 Å². The molecule has 1 aromatic heterocycles. The number of hydrogen-bond donors (Lipinski definition) is 1. The molecule has 5 heteroatoms. The summed E-state index contributed by atoms with van der Waals surface area (Å²) in [6.07, 6.45) is 3.78. The number of aromatic nitrogens is 1. The van der Waals surface area contributed by atoms with E-state index >= 15 is 0 Å². The van der Waals surface area contributed by atoms with Gasteiger partial charge in [-0.25, -0.2) is 4.98 Å². The Bertz CT molecular complexity index is 391. The van der Waals surface area contributed by atoms with Crippen molar-refractivity contribution in [2.75, 3.05) is 7.05 Å². The average molecular weight is 269 g/mol. The highest BCUT2D eigenvalue weighted by Crippen LogP contribution is 2.16. The predicted molar refractivity (Wildman–Crippen MR) is 75.4 cm³/mol. The van der Waals surface area contributed by atoms with Crippen LogP contribution in [0.4, 0.5) is 0 Å². The van der Waals surface area contributed by atoms with E-state index in [0.29, 0.717) is 6.54 Å². The lowest BCUT2D eigenvalue weighted by atomic mass is 9.99. The molecule has 0 aliphatic carbocycles. The van der Waals surface area contributed by atoms with Gasteiger partial charge in [0.25, 0.3) is 0 Å². The monoisotopic (exact) mass is 269 g/mol. The van der Waals surface area contributed by atoms with E-state index in [4.69, 9.17) is 5.73 Å². The van der Waals surface area contributed by atoms with Crippen molar-refractivity contribution in [3.05, 3.63) is 16.1 Å². The van der Waals surface area contributed by atoms with Gasteiger partial charge < -0.3 is 10.6 Å². The highest BCUT2D eigenvalue weighted by molar-refractivity contribution is 7.11. The summed E-state index contributed by atoms with van der Waals surface area (Å²) in [6, 6.07) is -0.411. The number of nitrogens with two attached hydrogens (primary N) is 1. The zero-order chi connectivity index (χ0) is 13.7. The topological polar surface area (TPSA) is 59.2 Å². The molecule has 1 amide bonds. The van der Waals surface area contributed by atoms with Gasteiger partial charge in [0, 0.05) is 18.1 Å². The highest BCUT2D eigenvalue weighted by atomic mass is 32.1. The van der Waals surface area contributed by atoms with Gasteiger partial charge >= 0.3 is 0 Å². The Morgan fingerprint density at radius 1 is 1.56 bits per heavy atom. The smallest absolute Gasteiger partial charge is 0.239 e. The minimum Gasteiger partial charge on any atom is -0.338 e. The van der Waals surface area contributed by atoms with E-state index < -0.39 is 6.04 Å². The van der Waals surface area contributed by atoms with Crippen molar-refractivity contribution in [1.82, 2.24) is 9.88 Å². The third-order valence-electron chi connectivity index (χ3n) is 3.24. The SMILES string of the molecule is CCc1cnc(CN(C)C(=O)C(N)C(C)CC)s1. The Balaban J connectivity index is 2.59. The number of carbonyl (C=O) groups is 1. The standard InChI is InChI=1S/C13H23N3OS/c1-5-9(3)12(14)13(17)16(4)8-11-15-7-10(6-2)18-11/h7,9,12H,5-6,8,14H2,1-4H3. The van der Waals surface area contributed by atoms with Crippen molar-refractivity contribution >= 4 is 17.2 Å². The first-order chi connectivity index (χ1) is 8.49.